The molecular formula is C20H23FN2O. The van der Waals surface area contributed by atoms with E-state index in [1.807, 2.05) is 41.8 Å². The molecule has 0 unspecified atom stereocenters. The second-order valence-corrected chi connectivity index (χ2v) is 6.45. The number of carbonyl (C=O) groups is 1. The smallest absolute Gasteiger partial charge is 0.244 e. The van der Waals surface area contributed by atoms with Crippen molar-refractivity contribution in [2.45, 2.75) is 33.4 Å². The lowest BCUT2D eigenvalue weighted by molar-refractivity contribution is -0.125. The first-order valence-electron chi connectivity index (χ1n) is 8.34. The molecule has 24 heavy (non-hydrogen) atoms. The Morgan fingerprint density at radius 1 is 1.08 bits per heavy atom. The van der Waals surface area contributed by atoms with Crippen LogP contribution in [0.1, 0.15) is 23.6 Å². The maximum atomic E-state index is 13.9. The number of anilines is 1. The third-order valence-electron chi connectivity index (χ3n) is 4.98. The largest absolute Gasteiger partial charge is 0.310 e. The Balaban J connectivity index is 1.79. The molecule has 0 radical (unpaired) electrons. The fraction of sp³-hybridized carbons (Fsp3) is 0.350. The number of amides is 1. The summed E-state index contributed by atoms with van der Waals surface area (Å²) in [4.78, 5) is 16.8. The summed E-state index contributed by atoms with van der Waals surface area (Å²) in [5.41, 5.74) is 3.94. The minimum Gasteiger partial charge on any atom is -0.310 e. The van der Waals surface area contributed by atoms with Gasteiger partial charge in [-0.05, 0) is 44.0 Å². The first kappa shape index (κ1) is 16.7. The summed E-state index contributed by atoms with van der Waals surface area (Å²) in [5.74, 6) is -0.139. The van der Waals surface area contributed by atoms with Gasteiger partial charge < -0.3 is 4.90 Å². The molecule has 1 fully saturated rings. The van der Waals surface area contributed by atoms with Crippen molar-refractivity contribution >= 4 is 11.6 Å². The van der Waals surface area contributed by atoms with Crippen LogP contribution in [0.4, 0.5) is 10.1 Å². The van der Waals surface area contributed by atoms with Gasteiger partial charge >= 0.3 is 0 Å². The summed E-state index contributed by atoms with van der Waals surface area (Å²) in [6.07, 6.45) is 0. The highest BCUT2D eigenvalue weighted by atomic mass is 19.1. The number of rotatable bonds is 3. The van der Waals surface area contributed by atoms with E-state index in [0.29, 0.717) is 18.7 Å². The lowest BCUT2D eigenvalue weighted by Crippen LogP contribution is -2.55. The van der Waals surface area contributed by atoms with Crippen LogP contribution in [0.25, 0.3) is 0 Å². The molecule has 1 saturated heterocycles. The number of nitrogens with zero attached hydrogens (tertiary/aromatic N) is 2. The molecule has 0 bridgehead atoms. The lowest BCUT2D eigenvalue weighted by atomic mass is 10.0. The highest BCUT2D eigenvalue weighted by Gasteiger charge is 2.33. The van der Waals surface area contributed by atoms with Gasteiger partial charge in [0.05, 0.1) is 6.04 Å². The standard InChI is InChI=1S/C20H23FN2O/c1-14-7-6-10-19(15(14)2)23-12-11-22(16(3)20(23)24)13-17-8-4-5-9-18(17)21/h4-10,16H,11-13H2,1-3H3/t16-/m0/s1. The molecule has 1 amide bonds. The van der Waals surface area contributed by atoms with Gasteiger partial charge in [0.1, 0.15) is 5.82 Å². The Bertz CT molecular complexity index is 759. The second-order valence-electron chi connectivity index (χ2n) is 6.45. The minimum absolute atomic E-state index is 0.0753. The van der Waals surface area contributed by atoms with E-state index in [9.17, 15) is 9.18 Å². The van der Waals surface area contributed by atoms with Gasteiger partial charge in [0, 0.05) is 30.9 Å². The highest BCUT2D eigenvalue weighted by Crippen LogP contribution is 2.27. The molecule has 0 aliphatic carbocycles. The Kier molecular flexibility index (Phi) is 4.67. The normalized spacial score (nSPS) is 18.9. The van der Waals surface area contributed by atoms with Crippen molar-refractivity contribution in [2.24, 2.45) is 0 Å². The maximum Gasteiger partial charge on any atom is 0.244 e. The van der Waals surface area contributed by atoms with E-state index in [-0.39, 0.29) is 17.8 Å². The molecule has 3 rings (SSSR count). The molecule has 2 aromatic carbocycles. The van der Waals surface area contributed by atoms with Gasteiger partial charge in [-0.3, -0.25) is 9.69 Å². The third-order valence-corrected chi connectivity index (χ3v) is 4.98. The molecule has 0 spiro atoms. The van der Waals surface area contributed by atoms with Crippen molar-refractivity contribution in [3.05, 3.63) is 65.0 Å². The molecule has 1 atom stereocenters. The van der Waals surface area contributed by atoms with Crippen LogP contribution in [-0.2, 0) is 11.3 Å². The number of carbonyl (C=O) groups excluding carboxylic acids is 1. The zero-order valence-corrected chi connectivity index (χ0v) is 14.4. The molecular weight excluding hydrogens is 303 g/mol. The van der Waals surface area contributed by atoms with Crippen LogP contribution in [0.3, 0.4) is 0 Å². The molecule has 0 saturated carbocycles. The predicted molar refractivity (Wildman–Crippen MR) is 94.5 cm³/mol. The van der Waals surface area contributed by atoms with Crippen molar-refractivity contribution in [3.63, 3.8) is 0 Å². The van der Waals surface area contributed by atoms with Gasteiger partial charge in [0.15, 0.2) is 0 Å². The van der Waals surface area contributed by atoms with Crippen molar-refractivity contribution in [2.75, 3.05) is 18.0 Å². The average Bonchev–Trinajstić information content (AvgIpc) is 2.57. The zero-order valence-electron chi connectivity index (χ0n) is 14.4. The van der Waals surface area contributed by atoms with Gasteiger partial charge in [0.2, 0.25) is 5.91 Å². The van der Waals surface area contributed by atoms with Crippen molar-refractivity contribution in [1.82, 2.24) is 4.90 Å². The van der Waals surface area contributed by atoms with Crippen molar-refractivity contribution in [3.8, 4) is 0 Å². The number of aryl methyl sites for hydroxylation is 1. The average molecular weight is 326 g/mol. The van der Waals surface area contributed by atoms with Crippen LogP contribution < -0.4 is 4.90 Å². The Hall–Kier alpha value is -2.20. The number of hydrogen-bond acceptors (Lipinski definition) is 2. The summed E-state index contributed by atoms with van der Waals surface area (Å²) >= 11 is 0. The minimum atomic E-state index is -0.265. The number of halogens is 1. The van der Waals surface area contributed by atoms with E-state index in [2.05, 4.69) is 13.0 Å². The van der Waals surface area contributed by atoms with Crippen LogP contribution in [0.2, 0.25) is 0 Å². The van der Waals surface area contributed by atoms with Gasteiger partial charge in [0.25, 0.3) is 0 Å². The number of hydrogen-bond donors (Lipinski definition) is 0. The maximum absolute atomic E-state index is 13.9. The van der Waals surface area contributed by atoms with Crippen molar-refractivity contribution < 1.29 is 9.18 Å². The Labute approximate surface area is 142 Å². The van der Waals surface area contributed by atoms with E-state index < -0.39 is 0 Å². The van der Waals surface area contributed by atoms with Crippen molar-refractivity contribution in [1.29, 1.82) is 0 Å². The summed E-state index contributed by atoms with van der Waals surface area (Å²) in [6.45, 7) is 7.83. The van der Waals surface area contributed by atoms with Crippen LogP contribution >= 0.6 is 0 Å². The number of benzene rings is 2. The third kappa shape index (κ3) is 3.06. The topological polar surface area (TPSA) is 23.6 Å². The predicted octanol–water partition coefficient (Wildman–Crippen LogP) is 3.68. The molecule has 1 heterocycles. The summed E-state index contributed by atoms with van der Waals surface area (Å²) in [7, 11) is 0. The lowest BCUT2D eigenvalue weighted by Gasteiger charge is -2.39. The quantitative estimate of drug-likeness (QED) is 0.859. The molecule has 1 aliphatic rings. The Morgan fingerprint density at radius 2 is 1.83 bits per heavy atom. The number of piperazine rings is 1. The zero-order chi connectivity index (χ0) is 17.3. The monoisotopic (exact) mass is 326 g/mol. The molecule has 0 aromatic heterocycles. The van der Waals surface area contributed by atoms with Gasteiger partial charge in [-0.2, -0.15) is 0 Å². The van der Waals surface area contributed by atoms with Crippen LogP contribution in [0, 0.1) is 19.7 Å². The van der Waals surface area contributed by atoms with E-state index in [4.69, 9.17) is 0 Å². The molecule has 1 aliphatic heterocycles. The van der Waals surface area contributed by atoms with E-state index >= 15 is 0 Å². The van der Waals surface area contributed by atoms with Crippen LogP contribution in [0.5, 0.6) is 0 Å². The first-order chi connectivity index (χ1) is 11.5. The van der Waals surface area contributed by atoms with E-state index in [0.717, 1.165) is 17.8 Å². The van der Waals surface area contributed by atoms with Gasteiger partial charge in [-0.15, -0.1) is 0 Å². The molecule has 4 heteroatoms. The summed E-state index contributed by atoms with van der Waals surface area (Å²) in [5, 5.41) is 0. The first-order valence-corrected chi connectivity index (χ1v) is 8.34. The fourth-order valence-electron chi connectivity index (χ4n) is 3.24. The van der Waals surface area contributed by atoms with E-state index in [1.165, 1.54) is 11.6 Å². The second kappa shape index (κ2) is 6.73. The molecule has 2 aromatic rings. The van der Waals surface area contributed by atoms with E-state index in [1.54, 1.807) is 12.1 Å². The van der Waals surface area contributed by atoms with Crippen LogP contribution in [0.15, 0.2) is 42.5 Å². The molecule has 126 valence electrons. The summed E-state index contributed by atoms with van der Waals surface area (Å²) < 4.78 is 13.9. The van der Waals surface area contributed by atoms with Gasteiger partial charge in [-0.25, -0.2) is 4.39 Å². The highest BCUT2D eigenvalue weighted by molar-refractivity contribution is 5.98. The summed E-state index contributed by atoms with van der Waals surface area (Å²) in [6, 6.07) is 12.5. The SMILES string of the molecule is Cc1cccc(N2CCN(Cc3ccccc3F)[C@@H](C)C2=O)c1C. The Morgan fingerprint density at radius 3 is 2.58 bits per heavy atom. The van der Waals surface area contributed by atoms with Gasteiger partial charge in [-0.1, -0.05) is 30.3 Å². The molecule has 0 N–H and O–H groups in total. The molecule has 3 nitrogen and oxygen atoms in total. The van der Waals surface area contributed by atoms with Crippen LogP contribution in [-0.4, -0.2) is 29.9 Å². The fourth-order valence-corrected chi connectivity index (χ4v) is 3.24.